The Bertz CT molecular complexity index is 629. The van der Waals surface area contributed by atoms with Crippen molar-refractivity contribution in [2.24, 2.45) is 0 Å². The maximum Gasteiger partial charge on any atom is 0.274 e. The van der Waals surface area contributed by atoms with E-state index in [2.05, 4.69) is 21.2 Å². The molecule has 0 aliphatic rings. The zero-order valence-corrected chi connectivity index (χ0v) is 10.9. The van der Waals surface area contributed by atoms with Crippen LogP contribution in [0.5, 0.6) is 0 Å². The molecule has 2 aromatic carbocycles. The fraction of sp³-hybridized carbons (Fsp3) is 0. The molecule has 2 rings (SSSR count). The number of nitro groups is 1. The summed E-state index contributed by atoms with van der Waals surface area (Å²) in [4.78, 5) is 9.90. The average molecular weight is 329 g/mol. The Kier molecular flexibility index (Phi) is 3.75. The first-order chi connectivity index (χ1) is 8.97. The van der Waals surface area contributed by atoms with Gasteiger partial charge in [-0.15, -0.1) is 0 Å². The van der Waals surface area contributed by atoms with E-state index in [4.69, 9.17) is 0 Å². The number of benzene rings is 2. The van der Waals surface area contributed by atoms with Crippen molar-refractivity contribution in [3.8, 4) is 0 Å². The van der Waals surface area contributed by atoms with Gasteiger partial charge in [-0.2, -0.15) is 0 Å². The van der Waals surface area contributed by atoms with Crippen LogP contribution in [0.25, 0.3) is 0 Å². The van der Waals surface area contributed by atoms with Gasteiger partial charge in [-0.25, -0.2) is 8.78 Å². The van der Waals surface area contributed by atoms with E-state index in [1.807, 2.05) is 0 Å². The summed E-state index contributed by atoms with van der Waals surface area (Å²) in [5.74, 6) is -1.33. The lowest BCUT2D eigenvalue weighted by Gasteiger charge is -2.09. The summed E-state index contributed by atoms with van der Waals surface area (Å²) in [7, 11) is 0. The molecule has 19 heavy (non-hydrogen) atoms. The van der Waals surface area contributed by atoms with Gasteiger partial charge < -0.3 is 5.32 Å². The van der Waals surface area contributed by atoms with Gasteiger partial charge in [-0.1, -0.05) is 6.07 Å². The molecule has 0 heterocycles. The minimum atomic E-state index is -0.774. The lowest BCUT2D eigenvalue weighted by molar-refractivity contribution is -0.385. The van der Waals surface area contributed by atoms with Crippen molar-refractivity contribution in [3.05, 3.63) is 62.6 Å². The van der Waals surface area contributed by atoms with Gasteiger partial charge in [0.1, 0.15) is 11.6 Å². The van der Waals surface area contributed by atoms with Gasteiger partial charge in [0.15, 0.2) is 0 Å². The lowest BCUT2D eigenvalue weighted by Crippen LogP contribution is -1.97. The Hall–Kier alpha value is -2.02. The third-order valence-corrected chi connectivity index (χ3v) is 2.99. The number of nitrogens with zero attached hydrogens (tertiary/aromatic N) is 1. The molecule has 0 aliphatic carbocycles. The van der Waals surface area contributed by atoms with E-state index >= 15 is 0 Å². The van der Waals surface area contributed by atoms with Crippen LogP contribution < -0.4 is 5.32 Å². The standard InChI is InChI=1S/C12H7BrF2N2O2/c13-10-2-1-3-11(15)12(10)16-8-4-7(14)5-9(6-8)17(18)19/h1-6,16H. The lowest BCUT2D eigenvalue weighted by atomic mass is 10.2. The van der Waals surface area contributed by atoms with Crippen LogP contribution in [0.3, 0.4) is 0 Å². The van der Waals surface area contributed by atoms with Crippen molar-refractivity contribution >= 4 is 33.0 Å². The highest BCUT2D eigenvalue weighted by atomic mass is 79.9. The average Bonchev–Trinajstić information content (AvgIpc) is 2.33. The van der Waals surface area contributed by atoms with Crippen LogP contribution in [-0.4, -0.2) is 4.92 Å². The molecule has 0 saturated heterocycles. The second-order valence-corrected chi connectivity index (χ2v) is 4.53. The molecule has 0 atom stereocenters. The highest BCUT2D eigenvalue weighted by Gasteiger charge is 2.12. The van der Waals surface area contributed by atoms with Crippen LogP contribution in [0.2, 0.25) is 0 Å². The highest BCUT2D eigenvalue weighted by molar-refractivity contribution is 9.10. The molecule has 0 amide bonds. The van der Waals surface area contributed by atoms with Gasteiger partial charge in [0.25, 0.3) is 5.69 Å². The monoisotopic (exact) mass is 328 g/mol. The van der Waals surface area contributed by atoms with Crippen molar-refractivity contribution in [3.63, 3.8) is 0 Å². The molecule has 0 spiro atoms. The topological polar surface area (TPSA) is 55.2 Å². The first-order valence-corrected chi connectivity index (χ1v) is 5.92. The number of halogens is 3. The van der Waals surface area contributed by atoms with E-state index < -0.39 is 22.2 Å². The molecule has 2 aromatic rings. The quantitative estimate of drug-likeness (QED) is 0.672. The number of hydrogen-bond donors (Lipinski definition) is 1. The van der Waals surface area contributed by atoms with E-state index in [1.54, 1.807) is 6.07 Å². The zero-order chi connectivity index (χ0) is 14.0. The Morgan fingerprint density at radius 1 is 1.21 bits per heavy atom. The largest absolute Gasteiger partial charge is 0.352 e. The smallest absolute Gasteiger partial charge is 0.274 e. The SMILES string of the molecule is O=[N+]([O-])c1cc(F)cc(Nc2c(F)cccc2Br)c1. The first kappa shape index (κ1) is 13.4. The first-order valence-electron chi connectivity index (χ1n) is 5.13. The van der Waals surface area contributed by atoms with Crippen molar-refractivity contribution in [2.75, 3.05) is 5.32 Å². The van der Waals surface area contributed by atoms with Crippen molar-refractivity contribution in [1.29, 1.82) is 0 Å². The molecule has 0 aliphatic heterocycles. The Morgan fingerprint density at radius 3 is 2.58 bits per heavy atom. The molecule has 4 nitrogen and oxygen atoms in total. The predicted octanol–water partition coefficient (Wildman–Crippen LogP) is 4.38. The summed E-state index contributed by atoms with van der Waals surface area (Å²) in [6.07, 6.45) is 0. The molecule has 1 N–H and O–H groups in total. The second kappa shape index (κ2) is 5.31. The van der Waals surface area contributed by atoms with Crippen molar-refractivity contribution < 1.29 is 13.7 Å². The molecule has 0 aromatic heterocycles. The van der Waals surface area contributed by atoms with Gasteiger partial charge >= 0.3 is 0 Å². The van der Waals surface area contributed by atoms with E-state index in [1.165, 1.54) is 12.1 Å². The van der Waals surface area contributed by atoms with Crippen LogP contribution in [0.1, 0.15) is 0 Å². The van der Waals surface area contributed by atoms with Gasteiger partial charge in [0, 0.05) is 16.2 Å². The third-order valence-electron chi connectivity index (χ3n) is 2.33. The fourth-order valence-electron chi connectivity index (χ4n) is 1.51. The van der Waals surface area contributed by atoms with Crippen molar-refractivity contribution in [2.45, 2.75) is 0 Å². The number of anilines is 2. The highest BCUT2D eigenvalue weighted by Crippen LogP contribution is 2.30. The Morgan fingerprint density at radius 2 is 1.95 bits per heavy atom. The number of nitrogens with one attached hydrogen (secondary N) is 1. The number of non-ortho nitro benzene ring substituents is 1. The summed E-state index contributed by atoms with van der Waals surface area (Å²) in [6.45, 7) is 0. The molecule has 0 saturated carbocycles. The normalized spacial score (nSPS) is 10.3. The number of nitro benzene ring substituents is 1. The number of para-hydroxylation sites is 1. The van der Waals surface area contributed by atoms with E-state index in [-0.39, 0.29) is 11.4 Å². The molecule has 0 unspecified atom stereocenters. The van der Waals surface area contributed by atoms with E-state index in [0.717, 1.165) is 18.2 Å². The maximum atomic E-state index is 13.6. The minimum Gasteiger partial charge on any atom is -0.352 e. The van der Waals surface area contributed by atoms with Crippen LogP contribution >= 0.6 is 15.9 Å². The summed E-state index contributed by atoms with van der Waals surface area (Å²) in [5, 5.41) is 13.2. The molecule has 98 valence electrons. The molecular weight excluding hydrogens is 322 g/mol. The van der Waals surface area contributed by atoms with Crippen LogP contribution in [-0.2, 0) is 0 Å². The predicted molar refractivity (Wildman–Crippen MR) is 70.4 cm³/mol. The number of hydrogen-bond acceptors (Lipinski definition) is 3. The minimum absolute atomic E-state index is 0.0856. The van der Waals surface area contributed by atoms with E-state index in [9.17, 15) is 18.9 Å². The fourth-order valence-corrected chi connectivity index (χ4v) is 1.95. The summed E-state index contributed by atoms with van der Waals surface area (Å²) >= 11 is 3.14. The summed E-state index contributed by atoms with van der Waals surface area (Å²) < 4.78 is 27.2. The van der Waals surface area contributed by atoms with Gasteiger partial charge in [-0.3, -0.25) is 10.1 Å². The molecule has 0 radical (unpaired) electrons. The second-order valence-electron chi connectivity index (χ2n) is 3.68. The van der Waals surface area contributed by atoms with Gasteiger partial charge in [0.05, 0.1) is 16.7 Å². The van der Waals surface area contributed by atoms with Crippen LogP contribution in [0.15, 0.2) is 40.9 Å². The maximum absolute atomic E-state index is 13.6. The van der Waals surface area contributed by atoms with Gasteiger partial charge in [0.2, 0.25) is 0 Å². The van der Waals surface area contributed by atoms with Crippen LogP contribution in [0.4, 0.5) is 25.8 Å². The Labute approximate surface area is 115 Å². The van der Waals surface area contributed by atoms with Gasteiger partial charge in [-0.05, 0) is 34.1 Å². The van der Waals surface area contributed by atoms with Crippen molar-refractivity contribution in [1.82, 2.24) is 0 Å². The molecule has 0 fully saturated rings. The van der Waals surface area contributed by atoms with Crippen LogP contribution in [0, 0.1) is 21.7 Å². The molecule has 0 bridgehead atoms. The molecule has 7 heteroatoms. The zero-order valence-electron chi connectivity index (χ0n) is 9.36. The number of rotatable bonds is 3. The third kappa shape index (κ3) is 3.05. The summed E-state index contributed by atoms with van der Waals surface area (Å²) in [6, 6.07) is 7.29. The summed E-state index contributed by atoms with van der Waals surface area (Å²) in [5.41, 5.74) is -0.227. The Balaban J connectivity index is 2.41. The van der Waals surface area contributed by atoms with E-state index in [0.29, 0.717) is 4.47 Å². The molecular formula is C12H7BrF2N2O2.